The van der Waals surface area contributed by atoms with E-state index in [0.29, 0.717) is 23.6 Å². The first kappa shape index (κ1) is 13.3. The van der Waals surface area contributed by atoms with Gasteiger partial charge in [0, 0.05) is 23.6 Å². The highest BCUT2D eigenvalue weighted by Crippen LogP contribution is 2.24. The first-order valence-corrected chi connectivity index (χ1v) is 6.32. The third kappa shape index (κ3) is 3.68. The first-order chi connectivity index (χ1) is 7.40. The lowest BCUT2D eigenvalue weighted by molar-refractivity contribution is -0.134. The maximum absolute atomic E-state index is 11.9. The quantitative estimate of drug-likeness (QED) is 0.704. The Hall–Kier alpha value is -0.750. The van der Waals surface area contributed by atoms with E-state index in [2.05, 4.69) is 13.8 Å². The second-order valence-corrected chi connectivity index (χ2v) is 6.16. The largest absolute Gasteiger partial charge is 0.370 e. The highest BCUT2D eigenvalue weighted by atomic mass is 32.2. The van der Waals surface area contributed by atoms with Crippen LogP contribution in [0.3, 0.4) is 0 Å². The van der Waals surface area contributed by atoms with Gasteiger partial charge in [0.15, 0.2) is 0 Å². The van der Waals surface area contributed by atoms with Crippen LogP contribution in [0.4, 0.5) is 0 Å². The average molecular weight is 245 g/mol. The smallest absolute Gasteiger partial charge is 0.240 e. The molecular weight excluding hydrogens is 226 g/mol. The van der Waals surface area contributed by atoms with Gasteiger partial charge in [-0.3, -0.25) is 9.59 Å². The molecule has 1 saturated heterocycles. The topological polar surface area (TPSA) is 89.4 Å². The van der Waals surface area contributed by atoms with Crippen LogP contribution in [-0.4, -0.2) is 46.3 Å². The Morgan fingerprint density at radius 3 is 2.31 bits per heavy atom. The van der Waals surface area contributed by atoms with Crippen LogP contribution in [0.15, 0.2) is 0 Å². The summed E-state index contributed by atoms with van der Waals surface area (Å²) in [5.74, 6) is -0.703. The van der Waals surface area contributed by atoms with Gasteiger partial charge in [-0.25, -0.2) is 0 Å². The number of primary amides is 1. The number of carbonyl (C=O) groups is 2. The number of thioether (sulfide) groups is 1. The molecule has 1 rings (SSSR count). The molecule has 6 heteroatoms. The van der Waals surface area contributed by atoms with Gasteiger partial charge in [0.2, 0.25) is 11.8 Å². The van der Waals surface area contributed by atoms with E-state index in [9.17, 15) is 9.59 Å². The minimum atomic E-state index is -0.792. The first-order valence-electron chi connectivity index (χ1n) is 5.38. The van der Waals surface area contributed by atoms with Crippen molar-refractivity contribution in [2.75, 3.05) is 13.1 Å². The Labute approximate surface area is 99.9 Å². The van der Waals surface area contributed by atoms with Crippen molar-refractivity contribution in [1.29, 1.82) is 0 Å². The van der Waals surface area contributed by atoms with Crippen LogP contribution < -0.4 is 11.5 Å². The molecule has 0 aromatic rings. The van der Waals surface area contributed by atoms with E-state index in [1.165, 1.54) is 0 Å². The van der Waals surface area contributed by atoms with Gasteiger partial charge in [-0.15, -0.1) is 0 Å². The Kier molecular flexibility index (Phi) is 4.61. The van der Waals surface area contributed by atoms with Gasteiger partial charge in [0.25, 0.3) is 0 Å². The minimum Gasteiger partial charge on any atom is -0.370 e. The molecule has 0 saturated carbocycles. The summed E-state index contributed by atoms with van der Waals surface area (Å²) in [6, 6.07) is -0.792. The van der Waals surface area contributed by atoms with Gasteiger partial charge in [0.1, 0.15) is 0 Å². The molecule has 3 atom stereocenters. The van der Waals surface area contributed by atoms with Crippen LogP contribution in [0.2, 0.25) is 0 Å². The zero-order valence-electron chi connectivity index (χ0n) is 9.68. The number of hydrogen-bond acceptors (Lipinski definition) is 4. The number of hydrogen-bond donors (Lipinski definition) is 2. The zero-order valence-corrected chi connectivity index (χ0v) is 10.5. The van der Waals surface area contributed by atoms with E-state index in [1.54, 1.807) is 4.90 Å². The summed E-state index contributed by atoms with van der Waals surface area (Å²) in [5.41, 5.74) is 10.7. The maximum Gasteiger partial charge on any atom is 0.240 e. The minimum absolute atomic E-state index is 0.0781. The van der Waals surface area contributed by atoms with Gasteiger partial charge >= 0.3 is 0 Å². The number of amides is 2. The number of carbonyl (C=O) groups excluding carboxylic acids is 2. The van der Waals surface area contributed by atoms with Crippen LogP contribution in [-0.2, 0) is 9.59 Å². The Morgan fingerprint density at radius 2 is 1.88 bits per heavy atom. The van der Waals surface area contributed by atoms with Gasteiger partial charge in [0.05, 0.1) is 12.5 Å². The lowest BCUT2D eigenvalue weighted by Crippen LogP contribution is -2.51. The summed E-state index contributed by atoms with van der Waals surface area (Å²) in [7, 11) is 0. The standard InChI is InChI=1S/C10H19N3O2S/c1-6-4-13(5-7(2)16-6)10(15)8(11)3-9(12)14/h6-8H,3-5,11H2,1-2H3,(H2,12,14). The van der Waals surface area contributed by atoms with Crippen molar-refractivity contribution in [3.8, 4) is 0 Å². The van der Waals surface area contributed by atoms with Crippen molar-refractivity contribution in [3.63, 3.8) is 0 Å². The third-order valence-corrected chi connectivity index (χ3v) is 3.70. The van der Waals surface area contributed by atoms with Gasteiger partial charge in [-0.2, -0.15) is 11.8 Å². The highest BCUT2D eigenvalue weighted by Gasteiger charge is 2.29. The van der Waals surface area contributed by atoms with Crippen molar-refractivity contribution in [2.24, 2.45) is 11.5 Å². The predicted octanol–water partition coefficient (Wildman–Crippen LogP) is -0.458. The van der Waals surface area contributed by atoms with Crippen LogP contribution in [0.5, 0.6) is 0 Å². The van der Waals surface area contributed by atoms with E-state index < -0.39 is 11.9 Å². The lowest BCUT2D eigenvalue weighted by Gasteiger charge is -2.35. The second kappa shape index (κ2) is 5.54. The maximum atomic E-state index is 11.9. The third-order valence-electron chi connectivity index (χ3n) is 2.47. The molecule has 0 bridgehead atoms. The molecule has 2 amide bonds. The van der Waals surface area contributed by atoms with Gasteiger partial charge in [-0.05, 0) is 0 Å². The fourth-order valence-corrected chi connectivity index (χ4v) is 3.22. The molecule has 0 radical (unpaired) electrons. The van der Waals surface area contributed by atoms with Gasteiger partial charge in [-0.1, -0.05) is 13.8 Å². The van der Waals surface area contributed by atoms with Crippen molar-refractivity contribution >= 4 is 23.6 Å². The SMILES string of the molecule is CC1CN(C(=O)C(N)CC(N)=O)CC(C)S1. The highest BCUT2D eigenvalue weighted by molar-refractivity contribution is 8.00. The molecule has 3 unspecified atom stereocenters. The van der Waals surface area contributed by atoms with Crippen molar-refractivity contribution in [2.45, 2.75) is 36.8 Å². The second-order valence-electron chi connectivity index (χ2n) is 4.28. The molecular formula is C10H19N3O2S. The normalized spacial score (nSPS) is 27.6. The van der Waals surface area contributed by atoms with Crippen LogP contribution in [0.25, 0.3) is 0 Å². The summed E-state index contributed by atoms with van der Waals surface area (Å²) in [5, 5.41) is 0.821. The zero-order chi connectivity index (χ0) is 12.3. The summed E-state index contributed by atoms with van der Waals surface area (Å²) in [4.78, 5) is 24.3. The van der Waals surface area contributed by atoms with Crippen LogP contribution in [0.1, 0.15) is 20.3 Å². The monoisotopic (exact) mass is 245 g/mol. The fourth-order valence-electron chi connectivity index (χ4n) is 1.90. The summed E-state index contributed by atoms with van der Waals surface area (Å²) < 4.78 is 0. The van der Waals surface area contributed by atoms with E-state index >= 15 is 0 Å². The number of nitrogens with two attached hydrogens (primary N) is 2. The lowest BCUT2D eigenvalue weighted by atomic mass is 10.1. The molecule has 1 heterocycles. The molecule has 16 heavy (non-hydrogen) atoms. The Bertz CT molecular complexity index is 275. The molecule has 92 valence electrons. The number of nitrogens with zero attached hydrogens (tertiary/aromatic N) is 1. The molecule has 0 aromatic heterocycles. The molecule has 1 fully saturated rings. The van der Waals surface area contributed by atoms with Crippen LogP contribution in [0, 0.1) is 0 Å². The van der Waals surface area contributed by atoms with Crippen molar-refractivity contribution in [1.82, 2.24) is 4.90 Å². The molecule has 1 aliphatic rings. The van der Waals surface area contributed by atoms with E-state index in [-0.39, 0.29) is 12.3 Å². The Morgan fingerprint density at radius 1 is 1.38 bits per heavy atom. The molecule has 0 aliphatic carbocycles. The van der Waals surface area contributed by atoms with E-state index in [4.69, 9.17) is 11.5 Å². The fraction of sp³-hybridized carbons (Fsp3) is 0.800. The summed E-state index contributed by atoms with van der Waals surface area (Å²) in [6.07, 6.45) is -0.0781. The molecule has 0 aromatic carbocycles. The Balaban J connectivity index is 2.55. The van der Waals surface area contributed by atoms with E-state index in [0.717, 1.165) is 0 Å². The molecule has 5 nitrogen and oxygen atoms in total. The van der Waals surface area contributed by atoms with Crippen molar-refractivity contribution in [3.05, 3.63) is 0 Å². The summed E-state index contributed by atoms with van der Waals surface area (Å²) >= 11 is 1.86. The average Bonchev–Trinajstić information content (AvgIpc) is 2.13. The van der Waals surface area contributed by atoms with Crippen molar-refractivity contribution < 1.29 is 9.59 Å². The van der Waals surface area contributed by atoms with Gasteiger partial charge < -0.3 is 16.4 Å². The molecule has 1 aliphatic heterocycles. The molecule has 0 spiro atoms. The predicted molar refractivity (Wildman–Crippen MR) is 64.9 cm³/mol. The molecule has 4 N–H and O–H groups in total. The van der Waals surface area contributed by atoms with Crippen LogP contribution >= 0.6 is 11.8 Å². The number of rotatable bonds is 3. The summed E-state index contributed by atoms with van der Waals surface area (Å²) in [6.45, 7) is 5.56. The van der Waals surface area contributed by atoms with E-state index in [1.807, 2.05) is 11.8 Å².